The summed E-state index contributed by atoms with van der Waals surface area (Å²) in [6.45, 7) is 0. The van der Waals surface area contributed by atoms with Crippen LogP contribution in [0.25, 0.3) is 22.3 Å². The van der Waals surface area contributed by atoms with Crippen molar-refractivity contribution in [3.8, 4) is 33.8 Å². The lowest BCUT2D eigenvalue weighted by Crippen LogP contribution is -2.04. The van der Waals surface area contributed by atoms with Crippen LogP contribution in [0.2, 0.25) is 0 Å². The second kappa shape index (κ2) is 5.99. The molecule has 3 aromatic carbocycles. The molecule has 0 aromatic heterocycles. The first-order chi connectivity index (χ1) is 11.4. The summed E-state index contributed by atoms with van der Waals surface area (Å²) in [4.78, 5) is -0.332. The van der Waals surface area contributed by atoms with Gasteiger partial charge in [-0.15, -0.1) is 0 Å². The van der Waals surface area contributed by atoms with E-state index in [1.807, 2.05) is 0 Å². The van der Waals surface area contributed by atoms with Crippen LogP contribution < -0.4 is 0 Å². The van der Waals surface area contributed by atoms with Gasteiger partial charge in [-0.3, -0.25) is 0 Å². The van der Waals surface area contributed by atoms with Crippen LogP contribution in [-0.4, -0.2) is 23.2 Å². The fraction of sp³-hybridized carbons (Fsp3) is 0. The second-order valence-corrected chi connectivity index (χ2v) is 6.55. The van der Waals surface area contributed by atoms with Gasteiger partial charge in [0.15, 0.2) is 0 Å². The molecule has 2 N–H and O–H groups in total. The highest BCUT2D eigenvalue weighted by Gasteiger charge is 2.17. The lowest BCUT2D eigenvalue weighted by Gasteiger charge is -2.18. The minimum Gasteiger partial charge on any atom is -0.744 e. The van der Waals surface area contributed by atoms with E-state index in [2.05, 4.69) is 0 Å². The first-order valence-electron chi connectivity index (χ1n) is 7.04. The highest BCUT2D eigenvalue weighted by Crippen LogP contribution is 2.36. The number of phenolic OH excluding ortho intramolecular Hbond substituents is 2. The van der Waals surface area contributed by atoms with Gasteiger partial charge in [0.1, 0.15) is 21.6 Å². The van der Waals surface area contributed by atoms with Crippen molar-refractivity contribution in [3.63, 3.8) is 0 Å². The third-order valence-corrected chi connectivity index (χ3v) is 4.56. The fourth-order valence-electron chi connectivity index (χ4n) is 2.54. The van der Waals surface area contributed by atoms with Crippen LogP contribution in [0.3, 0.4) is 0 Å². The smallest absolute Gasteiger partial charge is 0.125 e. The van der Waals surface area contributed by atoms with E-state index in [4.69, 9.17) is 0 Å². The maximum Gasteiger partial charge on any atom is 0.125 e. The monoisotopic (exact) mass is 341 g/mol. The van der Waals surface area contributed by atoms with Gasteiger partial charge in [0.05, 0.1) is 4.90 Å². The molecule has 0 aliphatic carbocycles. The van der Waals surface area contributed by atoms with Crippen LogP contribution in [0.4, 0.5) is 0 Å². The van der Waals surface area contributed by atoms with Crippen LogP contribution in [0.5, 0.6) is 11.5 Å². The number of hydrogen-bond donors (Lipinski definition) is 2. The fourth-order valence-corrected chi connectivity index (χ4v) is 3.45. The maximum absolute atomic E-state index is 11.9. The molecular formula is C18H13O5S-. The molecule has 3 rings (SSSR count). The molecule has 6 heteroatoms. The van der Waals surface area contributed by atoms with Crippen LogP contribution in [0.15, 0.2) is 71.6 Å². The lowest BCUT2D eigenvalue weighted by atomic mass is 9.98. The van der Waals surface area contributed by atoms with Crippen LogP contribution in [0, 0.1) is 0 Å². The van der Waals surface area contributed by atoms with Crippen molar-refractivity contribution < 1.29 is 23.2 Å². The summed E-state index contributed by atoms with van der Waals surface area (Å²) < 4.78 is 35.7. The summed E-state index contributed by atoms with van der Waals surface area (Å²) in [6.07, 6.45) is 0. The summed E-state index contributed by atoms with van der Waals surface area (Å²) in [5, 5.41) is 18.8. The van der Waals surface area contributed by atoms with Gasteiger partial charge in [-0.25, -0.2) is 8.42 Å². The Morgan fingerprint density at radius 2 is 1.04 bits per heavy atom. The highest BCUT2D eigenvalue weighted by atomic mass is 32.2. The molecule has 0 atom stereocenters. The number of aromatic hydroxyl groups is 2. The maximum atomic E-state index is 11.9. The second-order valence-electron chi connectivity index (χ2n) is 5.23. The Balaban J connectivity index is 2.30. The topological polar surface area (TPSA) is 97.7 Å². The SMILES string of the molecule is O=S(=O)([O-])c1c(-c2ccc(O)cc2)cccc1-c1ccc(O)cc1. The molecule has 0 spiro atoms. The number of benzene rings is 3. The van der Waals surface area contributed by atoms with E-state index < -0.39 is 10.1 Å². The van der Waals surface area contributed by atoms with Gasteiger partial charge >= 0.3 is 0 Å². The number of phenols is 2. The molecule has 24 heavy (non-hydrogen) atoms. The standard InChI is InChI=1S/C18H14O5S/c19-14-8-4-12(5-9-14)16-2-1-3-17(18(16)24(21,22)23)13-6-10-15(20)11-7-13/h1-11,19-20H,(H,21,22,23)/p-1. The molecule has 3 aromatic rings. The van der Waals surface area contributed by atoms with Gasteiger partial charge in [0.25, 0.3) is 0 Å². The Morgan fingerprint density at radius 3 is 1.38 bits per heavy atom. The van der Waals surface area contributed by atoms with Crippen molar-refractivity contribution >= 4 is 10.1 Å². The van der Waals surface area contributed by atoms with E-state index in [1.165, 1.54) is 24.3 Å². The first kappa shape index (κ1) is 16.0. The van der Waals surface area contributed by atoms with Crippen molar-refractivity contribution in [2.75, 3.05) is 0 Å². The van der Waals surface area contributed by atoms with E-state index in [9.17, 15) is 23.2 Å². The van der Waals surface area contributed by atoms with Gasteiger partial charge < -0.3 is 14.8 Å². The predicted molar refractivity (Wildman–Crippen MR) is 88.6 cm³/mol. The van der Waals surface area contributed by atoms with Gasteiger partial charge in [0.2, 0.25) is 0 Å². The summed E-state index contributed by atoms with van der Waals surface area (Å²) in [5.41, 5.74) is 1.52. The van der Waals surface area contributed by atoms with Gasteiger partial charge in [0, 0.05) is 0 Å². The normalized spacial score (nSPS) is 11.4. The molecule has 0 saturated heterocycles. The van der Waals surface area contributed by atoms with Crippen molar-refractivity contribution in [3.05, 3.63) is 66.7 Å². The molecule has 0 heterocycles. The Labute approximate surface area is 139 Å². The number of rotatable bonds is 3. The van der Waals surface area contributed by atoms with Crippen LogP contribution in [0.1, 0.15) is 0 Å². The van der Waals surface area contributed by atoms with Crippen molar-refractivity contribution in [2.45, 2.75) is 4.90 Å². The summed E-state index contributed by atoms with van der Waals surface area (Å²) in [6, 6.07) is 16.6. The average Bonchev–Trinajstić information content (AvgIpc) is 2.55. The Kier molecular flexibility index (Phi) is 4.01. The van der Waals surface area contributed by atoms with E-state index in [-0.39, 0.29) is 27.5 Å². The highest BCUT2D eigenvalue weighted by molar-refractivity contribution is 7.86. The van der Waals surface area contributed by atoms with Gasteiger partial charge in [-0.2, -0.15) is 0 Å². The largest absolute Gasteiger partial charge is 0.744 e. The minimum absolute atomic E-state index is 0.0416. The third kappa shape index (κ3) is 3.10. The summed E-state index contributed by atoms with van der Waals surface area (Å²) in [7, 11) is -4.76. The molecule has 0 aliphatic heterocycles. The van der Waals surface area contributed by atoms with Crippen molar-refractivity contribution in [2.24, 2.45) is 0 Å². The first-order valence-corrected chi connectivity index (χ1v) is 8.45. The molecule has 0 amide bonds. The van der Waals surface area contributed by atoms with Gasteiger partial charge in [-0.1, -0.05) is 42.5 Å². The Bertz CT molecular complexity index is 911. The molecule has 0 radical (unpaired) electrons. The molecule has 0 fully saturated rings. The molecular weight excluding hydrogens is 328 g/mol. The van der Waals surface area contributed by atoms with Crippen LogP contribution in [-0.2, 0) is 10.1 Å². The third-order valence-electron chi connectivity index (χ3n) is 3.62. The van der Waals surface area contributed by atoms with E-state index in [1.54, 1.807) is 42.5 Å². The lowest BCUT2D eigenvalue weighted by molar-refractivity contribution is 0.463. The molecule has 0 saturated carbocycles. The van der Waals surface area contributed by atoms with E-state index >= 15 is 0 Å². The molecule has 5 nitrogen and oxygen atoms in total. The van der Waals surface area contributed by atoms with Crippen LogP contribution >= 0.6 is 0 Å². The minimum atomic E-state index is -4.76. The number of hydrogen-bond acceptors (Lipinski definition) is 5. The van der Waals surface area contributed by atoms with Crippen molar-refractivity contribution in [1.82, 2.24) is 0 Å². The summed E-state index contributed by atoms with van der Waals surface area (Å²) in [5.74, 6) is 0.0833. The molecule has 122 valence electrons. The van der Waals surface area contributed by atoms with Gasteiger partial charge in [-0.05, 0) is 46.5 Å². The quantitative estimate of drug-likeness (QED) is 0.712. The molecule has 0 unspecified atom stereocenters. The Hall–Kier alpha value is -2.83. The zero-order valence-corrected chi connectivity index (χ0v) is 13.2. The zero-order valence-electron chi connectivity index (χ0n) is 12.4. The predicted octanol–water partition coefficient (Wildman–Crippen LogP) is 3.34. The van der Waals surface area contributed by atoms with E-state index in [0.29, 0.717) is 11.1 Å². The zero-order chi connectivity index (χ0) is 17.3. The van der Waals surface area contributed by atoms with E-state index in [0.717, 1.165) is 0 Å². The summed E-state index contributed by atoms with van der Waals surface area (Å²) >= 11 is 0. The molecule has 0 aliphatic rings. The molecule has 0 bridgehead atoms. The average molecular weight is 341 g/mol. The van der Waals surface area contributed by atoms with Crippen molar-refractivity contribution in [1.29, 1.82) is 0 Å². The Morgan fingerprint density at radius 1 is 0.667 bits per heavy atom.